The molecule has 3 N–H and O–H groups in total. The molecule has 0 amide bonds. The maximum Gasteiger partial charge on any atom is 0.124 e. The lowest BCUT2D eigenvalue weighted by molar-refractivity contribution is 0.333. The van der Waals surface area contributed by atoms with Crippen LogP contribution in [-0.4, -0.2) is 13.7 Å². The van der Waals surface area contributed by atoms with Gasteiger partial charge >= 0.3 is 0 Å². The Morgan fingerprint density at radius 3 is 2.52 bits per heavy atom. The van der Waals surface area contributed by atoms with Crippen LogP contribution in [0.1, 0.15) is 29.7 Å². The zero-order valence-electron chi connectivity index (χ0n) is 12.7. The molecule has 2 aromatic carbocycles. The van der Waals surface area contributed by atoms with Crippen LogP contribution in [0, 0.1) is 6.92 Å². The largest absolute Gasteiger partial charge is 0.497 e. The molecule has 0 saturated carbocycles. The average Bonchev–Trinajstić information content (AvgIpc) is 2.51. The SMILES string of the molecule is CCOc1ccccc1C(NN)c1ccc(OC)cc1C. The second kappa shape index (κ2) is 7.11. The van der Waals surface area contributed by atoms with Gasteiger partial charge in [0.15, 0.2) is 0 Å². The summed E-state index contributed by atoms with van der Waals surface area (Å²) in [6.07, 6.45) is 0. The first kappa shape index (κ1) is 15.4. The Balaban J connectivity index is 2.44. The number of benzene rings is 2. The summed E-state index contributed by atoms with van der Waals surface area (Å²) in [5, 5.41) is 0. The second-order valence-corrected chi connectivity index (χ2v) is 4.79. The van der Waals surface area contributed by atoms with Gasteiger partial charge in [0, 0.05) is 5.56 Å². The molecule has 0 aliphatic rings. The third kappa shape index (κ3) is 3.35. The van der Waals surface area contributed by atoms with E-state index in [1.165, 1.54) is 0 Å². The van der Waals surface area contributed by atoms with Gasteiger partial charge < -0.3 is 9.47 Å². The van der Waals surface area contributed by atoms with Gasteiger partial charge in [-0.05, 0) is 43.2 Å². The number of para-hydroxylation sites is 1. The minimum Gasteiger partial charge on any atom is -0.497 e. The number of nitrogens with two attached hydrogens (primary N) is 1. The maximum atomic E-state index is 5.80. The fourth-order valence-electron chi connectivity index (χ4n) is 2.45. The van der Waals surface area contributed by atoms with Gasteiger partial charge in [-0.1, -0.05) is 24.3 Å². The molecule has 0 fully saturated rings. The minimum atomic E-state index is -0.126. The van der Waals surface area contributed by atoms with E-state index < -0.39 is 0 Å². The molecule has 2 aromatic rings. The number of rotatable bonds is 6. The van der Waals surface area contributed by atoms with Crippen LogP contribution in [0.3, 0.4) is 0 Å². The highest BCUT2D eigenvalue weighted by molar-refractivity contribution is 5.45. The van der Waals surface area contributed by atoms with Crippen molar-refractivity contribution in [2.24, 2.45) is 5.84 Å². The maximum absolute atomic E-state index is 5.80. The van der Waals surface area contributed by atoms with Crippen LogP contribution in [0.15, 0.2) is 42.5 Å². The summed E-state index contributed by atoms with van der Waals surface area (Å²) in [5.74, 6) is 7.49. The molecule has 4 heteroatoms. The van der Waals surface area contributed by atoms with Gasteiger partial charge in [-0.15, -0.1) is 0 Å². The smallest absolute Gasteiger partial charge is 0.124 e. The Labute approximate surface area is 125 Å². The summed E-state index contributed by atoms with van der Waals surface area (Å²) in [6.45, 7) is 4.64. The van der Waals surface area contributed by atoms with Crippen molar-refractivity contribution in [2.45, 2.75) is 19.9 Å². The van der Waals surface area contributed by atoms with Crippen LogP contribution in [0.2, 0.25) is 0 Å². The van der Waals surface area contributed by atoms with Crippen LogP contribution < -0.4 is 20.7 Å². The molecule has 1 atom stereocenters. The number of hydrazine groups is 1. The van der Waals surface area contributed by atoms with E-state index in [2.05, 4.69) is 5.43 Å². The Morgan fingerprint density at radius 1 is 1.14 bits per heavy atom. The summed E-state index contributed by atoms with van der Waals surface area (Å²) < 4.78 is 11.0. The fourth-order valence-corrected chi connectivity index (χ4v) is 2.45. The van der Waals surface area contributed by atoms with Gasteiger partial charge in [0.05, 0.1) is 19.8 Å². The Kier molecular flexibility index (Phi) is 5.20. The zero-order valence-corrected chi connectivity index (χ0v) is 12.7. The molecule has 0 bridgehead atoms. The standard InChI is InChI=1S/C17H22N2O2/c1-4-21-16-8-6-5-7-15(16)17(19-18)14-10-9-13(20-3)11-12(14)2/h5-11,17,19H,4,18H2,1-3H3. The van der Waals surface area contributed by atoms with Crippen molar-refractivity contribution < 1.29 is 9.47 Å². The van der Waals surface area contributed by atoms with E-state index in [1.807, 2.05) is 56.3 Å². The first-order valence-corrected chi connectivity index (χ1v) is 7.03. The van der Waals surface area contributed by atoms with Crippen molar-refractivity contribution >= 4 is 0 Å². The van der Waals surface area contributed by atoms with Crippen LogP contribution >= 0.6 is 0 Å². The van der Waals surface area contributed by atoms with Crippen molar-refractivity contribution in [1.82, 2.24) is 5.43 Å². The molecular weight excluding hydrogens is 264 g/mol. The number of nitrogens with one attached hydrogen (secondary N) is 1. The highest BCUT2D eigenvalue weighted by atomic mass is 16.5. The van der Waals surface area contributed by atoms with Crippen molar-refractivity contribution in [2.75, 3.05) is 13.7 Å². The topological polar surface area (TPSA) is 56.5 Å². The van der Waals surface area contributed by atoms with E-state index in [4.69, 9.17) is 15.3 Å². The lowest BCUT2D eigenvalue weighted by atomic mass is 9.94. The molecule has 112 valence electrons. The van der Waals surface area contributed by atoms with E-state index in [9.17, 15) is 0 Å². The normalized spacial score (nSPS) is 12.0. The van der Waals surface area contributed by atoms with Crippen molar-refractivity contribution in [3.05, 3.63) is 59.2 Å². The third-order valence-electron chi connectivity index (χ3n) is 3.48. The van der Waals surface area contributed by atoms with Gasteiger partial charge in [0.25, 0.3) is 0 Å². The van der Waals surface area contributed by atoms with E-state index in [1.54, 1.807) is 7.11 Å². The van der Waals surface area contributed by atoms with Crippen molar-refractivity contribution in [3.8, 4) is 11.5 Å². The number of hydrogen-bond acceptors (Lipinski definition) is 4. The van der Waals surface area contributed by atoms with E-state index in [0.717, 1.165) is 28.2 Å². The highest BCUT2D eigenvalue weighted by Gasteiger charge is 2.18. The van der Waals surface area contributed by atoms with Gasteiger partial charge in [0.1, 0.15) is 11.5 Å². The summed E-state index contributed by atoms with van der Waals surface area (Å²) >= 11 is 0. The molecule has 21 heavy (non-hydrogen) atoms. The highest BCUT2D eigenvalue weighted by Crippen LogP contribution is 2.32. The van der Waals surface area contributed by atoms with E-state index in [-0.39, 0.29) is 6.04 Å². The van der Waals surface area contributed by atoms with Crippen LogP contribution in [0.5, 0.6) is 11.5 Å². The fraction of sp³-hybridized carbons (Fsp3) is 0.294. The predicted molar refractivity (Wildman–Crippen MR) is 84.5 cm³/mol. The Bertz CT molecular complexity index is 599. The zero-order chi connectivity index (χ0) is 15.2. The molecule has 0 heterocycles. The predicted octanol–water partition coefficient (Wildman–Crippen LogP) is 2.96. The summed E-state index contributed by atoms with van der Waals surface area (Å²) in [5.41, 5.74) is 6.13. The molecule has 4 nitrogen and oxygen atoms in total. The third-order valence-corrected chi connectivity index (χ3v) is 3.48. The van der Waals surface area contributed by atoms with Crippen LogP contribution in [0.25, 0.3) is 0 Å². The molecule has 0 aliphatic carbocycles. The second-order valence-electron chi connectivity index (χ2n) is 4.79. The average molecular weight is 286 g/mol. The molecule has 0 radical (unpaired) electrons. The van der Waals surface area contributed by atoms with Crippen molar-refractivity contribution in [1.29, 1.82) is 0 Å². The van der Waals surface area contributed by atoms with E-state index in [0.29, 0.717) is 6.61 Å². The van der Waals surface area contributed by atoms with Gasteiger partial charge in [-0.2, -0.15) is 0 Å². The van der Waals surface area contributed by atoms with Crippen molar-refractivity contribution in [3.63, 3.8) is 0 Å². The first-order valence-electron chi connectivity index (χ1n) is 7.03. The quantitative estimate of drug-likeness (QED) is 0.633. The van der Waals surface area contributed by atoms with Gasteiger partial charge in [-0.25, -0.2) is 5.43 Å². The van der Waals surface area contributed by atoms with Gasteiger partial charge in [-0.3, -0.25) is 5.84 Å². The number of methoxy groups -OCH3 is 1. The summed E-state index contributed by atoms with van der Waals surface area (Å²) in [6, 6.07) is 13.8. The first-order chi connectivity index (χ1) is 10.2. The molecule has 0 spiro atoms. The number of ether oxygens (including phenoxy) is 2. The lowest BCUT2D eigenvalue weighted by Crippen LogP contribution is -2.29. The van der Waals surface area contributed by atoms with Gasteiger partial charge in [0.2, 0.25) is 0 Å². The summed E-state index contributed by atoms with van der Waals surface area (Å²) in [4.78, 5) is 0. The Morgan fingerprint density at radius 2 is 1.90 bits per heavy atom. The minimum absolute atomic E-state index is 0.126. The molecule has 0 aromatic heterocycles. The molecular formula is C17H22N2O2. The number of hydrogen-bond donors (Lipinski definition) is 2. The van der Waals surface area contributed by atoms with Crippen LogP contribution in [-0.2, 0) is 0 Å². The Hall–Kier alpha value is -2.04. The molecule has 2 rings (SSSR count). The molecule has 0 aliphatic heterocycles. The lowest BCUT2D eigenvalue weighted by Gasteiger charge is -2.22. The molecule has 0 saturated heterocycles. The number of aryl methyl sites for hydroxylation is 1. The van der Waals surface area contributed by atoms with Crippen LogP contribution in [0.4, 0.5) is 0 Å². The monoisotopic (exact) mass is 286 g/mol. The summed E-state index contributed by atoms with van der Waals surface area (Å²) in [7, 11) is 1.66. The van der Waals surface area contributed by atoms with E-state index >= 15 is 0 Å². The molecule has 1 unspecified atom stereocenters.